The van der Waals surface area contributed by atoms with Crippen LogP contribution in [-0.2, 0) is 14.3 Å². The number of amides is 2. The molecule has 0 radical (unpaired) electrons. The first-order valence-corrected chi connectivity index (χ1v) is 11.1. The third-order valence-electron chi connectivity index (χ3n) is 5.67. The number of likely N-dealkylation sites (tertiary alicyclic amines) is 1. The van der Waals surface area contributed by atoms with Gasteiger partial charge in [0.1, 0.15) is 0 Å². The van der Waals surface area contributed by atoms with Gasteiger partial charge in [0.2, 0.25) is 5.91 Å². The van der Waals surface area contributed by atoms with Crippen molar-refractivity contribution in [3.05, 3.63) is 46.2 Å². The van der Waals surface area contributed by atoms with Crippen LogP contribution in [0.25, 0.3) is 5.69 Å². The van der Waals surface area contributed by atoms with Crippen LogP contribution in [0, 0.1) is 19.8 Å². The fraction of sp³-hybridized carbons (Fsp3) is 0.478. The van der Waals surface area contributed by atoms with Gasteiger partial charge in [-0.1, -0.05) is 11.6 Å². The van der Waals surface area contributed by atoms with Gasteiger partial charge in [0.05, 0.1) is 41.2 Å². The maximum Gasteiger partial charge on any atom is 0.310 e. The zero-order valence-corrected chi connectivity index (χ0v) is 19.7. The van der Waals surface area contributed by atoms with Crippen LogP contribution < -0.4 is 0 Å². The number of benzene rings is 1. The molecule has 32 heavy (non-hydrogen) atoms. The molecule has 1 aliphatic rings. The average Bonchev–Trinajstić information content (AvgIpc) is 3.06. The molecule has 0 spiro atoms. The topological polar surface area (TPSA) is 84.7 Å². The first kappa shape index (κ1) is 23.8. The normalized spacial score (nSPS) is 16.0. The molecule has 0 aliphatic carbocycles. The highest BCUT2D eigenvalue weighted by atomic mass is 35.5. The summed E-state index contributed by atoms with van der Waals surface area (Å²) in [5.41, 5.74) is 2.84. The smallest absolute Gasteiger partial charge is 0.310 e. The van der Waals surface area contributed by atoms with E-state index in [9.17, 15) is 14.4 Å². The van der Waals surface area contributed by atoms with Crippen LogP contribution in [0.4, 0.5) is 0 Å². The first-order chi connectivity index (χ1) is 15.2. The lowest BCUT2D eigenvalue weighted by Gasteiger charge is -2.32. The van der Waals surface area contributed by atoms with Crippen molar-refractivity contribution < 1.29 is 19.1 Å². The van der Waals surface area contributed by atoms with Crippen LogP contribution in [0.1, 0.15) is 41.5 Å². The molecule has 1 fully saturated rings. The Morgan fingerprint density at radius 1 is 1.22 bits per heavy atom. The summed E-state index contributed by atoms with van der Waals surface area (Å²) in [7, 11) is 1.60. The molecule has 172 valence electrons. The Hall–Kier alpha value is -2.87. The molecule has 8 nitrogen and oxygen atoms in total. The highest BCUT2D eigenvalue weighted by Crippen LogP contribution is 2.23. The summed E-state index contributed by atoms with van der Waals surface area (Å²) in [5.74, 6) is -0.999. The zero-order chi connectivity index (χ0) is 23.4. The van der Waals surface area contributed by atoms with Crippen molar-refractivity contribution in [2.45, 2.75) is 33.6 Å². The Bertz CT molecular complexity index is 1000. The number of piperidine rings is 1. The van der Waals surface area contributed by atoms with E-state index in [1.807, 2.05) is 13.8 Å². The van der Waals surface area contributed by atoms with Gasteiger partial charge < -0.3 is 14.5 Å². The van der Waals surface area contributed by atoms with E-state index in [2.05, 4.69) is 5.10 Å². The van der Waals surface area contributed by atoms with E-state index in [4.69, 9.17) is 16.3 Å². The Morgan fingerprint density at radius 2 is 1.91 bits per heavy atom. The first-order valence-electron chi connectivity index (χ1n) is 10.7. The van der Waals surface area contributed by atoms with Gasteiger partial charge in [0.25, 0.3) is 5.91 Å². The molecule has 0 N–H and O–H groups in total. The summed E-state index contributed by atoms with van der Waals surface area (Å²) in [6.45, 7) is 6.68. The molecule has 1 aliphatic heterocycles. The third kappa shape index (κ3) is 5.12. The fourth-order valence-electron chi connectivity index (χ4n) is 3.87. The third-order valence-corrected chi connectivity index (χ3v) is 6.22. The van der Waals surface area contributed by atoms with Gasteiger partial charge in [-0.3, -0.25) is 14.4 Å². The van der Waals surface area contributed by atoms with Crippen LogP contribution in [0.15, 0.2) is 24.3 Å². The lowest BCUT2D eigenvalue weighted by molar-refractivity contribution is -0.151. The molecule has 2 amide bonds. The van der Waals surface area contributed by atoms with Crippen LogP contribution in [-0.4, -0.2) is 70.7 Å². The largest absolute Gasteiger partial charge is 0.466 e. The second-order valence-electron chi connectivity index (χ2n) is 8.04. The second-order valence-corrected chi connectivity index (χ2v) is 8.41. The maximum atomic E-state index is 12.8. The molecular formula is C23H29ClN4O4. The molecular weight excluding hydrogens is 432 g/mol. The number of hydrogen-bond donors (Lipinski definition) is 0. The highest BCUT2D eigenvalue weighted by molar-refractivity contribution is 6.31. The standard InChI is InChI=1S/C23H29ClN4O4/c1-5-32-23(31)18-7-6-12-27(13-18)20(29)14-26(4)22(30)17-8-10-19(11-9-17)28-16(3)21(24)15(2)25-28/h8-11,18H,5-7,12-14H2,1-4H3. The number of halogens is 1. The van der Waals surface area contributed by atoms with E-state index in [-0.39, 0.29) is 30.2 Å². The van der Waals surface area contributed by atoms with Gasteiger partial charge in [-0.2, -0.15) is 5.10 Å². The molecule has 3 rings (SSSR count). The molecule has 2 aromatic rings. The number of ether oxygens (including phenoxy) is 1. The van der Waals surface area contributed by atoms with E-state index in [1.54, 1.807) is 47.8 Å². The van der Waals surface area contributed by atoms with Gasteiger partial charge in [-0.25, -0.2) is 4.68 Å². The summed E-state index contributed by atoms with van der Waals surface area (Å²) in [5, 5.41) is 5.03. The molecule has 1 aromatic carbocycles. The van der Waals surface area contributed by atoms with Crippen molar-refractivity contribution in [1.29, 1.82) is 0 Å². The van der Waals surface area contributed by atoms with Gasteiger partial charge >= 0.3 is 5.97 Å². The van der Waals surface area contributed by atoms with Crippen molar-refractivity contribution in [1.82, 2.24) is 19.6 Å². The summed E-state index contributed by atoms with van der Waals surface area (Å²) < 4.78 is 6.82. The highest BCUT2D eigenvalue weighted by Gasteiger charge is 2.30. The Kier molecular flexibility index (Phi) is 7.56. The van der Waals surface area contributed by atoms with E-state index in [0.717, 1.165) is 23.5 Å². The SMILES string of the molecule is CCOC(=O)C1CCCN(C(=O)CN(C)C(=O)c2ccc(-n3nc(C)c(Cl)c3C)cc2)C1. The van der Waals surface area contributed by atoms with E-state index in [1.165, 1.54) is 4.90 Å². The fourth-order valence-corrected chi connectivity index (χ4v) is 3.99. The number of aryl methyl sites for hydroxylation is 1. The van der Waals surface area contributed by atoms with Crippen LogP contribution in [0.2, 0.25) is 5.02 Å². The zero-order valence-electron chi connectivity index (χ0n) is 18.9. The average molecular weight is 461 g/mol. The predicted octanol–water partition coefficient (Wildman–Crippen LogP) is 3.02. The number of likely N-dealkylation sites (N-methyl/N-ethyl adjacent to an activating group) is 1. The van der Waals surface area contributed by atoms with E-state index in [0.29, 0.717) is 36.7 Å². The number of rotatable bonds is 6. The number of carbonyl (C=O) groups excluding carboxylic acids is 3. The van der Waals surface area contributed by atoms with Crippen molar-refractivity contribution >= 4 is 29.4 Å². The quantitative estimate of drug-likeness (QED) is 0.618. The second kappa shape index (κ2) is 10.2. The van der Waals surface area contributed by atoms with Crippen molar-refractivity contribution in [3.63, 3.8) is 0 Å². The number of carbonyl (C=O) groups is 3. The molecule has 1 saturated heterocycles. The monoisotopic (exact) mass is 460 g/mol. The number of aromatic nitrogens is 2. The van der Waals surface area contributed by atoms with Gasteiger partial charge in [-0.05, 0) is 57.9 Å². The Morgan fingerprint density at radius 3 is 2.50 bits per heavy atom. The van der Waals surface area contributed by atoms with Gasteiger partial charge in [-0.15, -0.1) is 0 Å². The molecule has 2 heterocycles. The summed E-state index contributed by atoms with van der Waals surface area (Å²) in [6, 6.07) is 7.02. The number of nitrogens with zero attached hydrogens (tertiary/aromatic N) is 4. The molecule has 0 saturated carbocycles. The van der Waals surface area contributed by atoms with Crippen molar-refractivity contribution in [2.24, 2.45) is 5.92 Å². The number of hydrogen-bond acceptors (Lipinski definition) is 5. The minimum Gasteiger partial charge on any atom is -0.466 e. The van der Waals surface area contributed by atoms with E-state index >= 15 is 0 Å². The van der Waals surface area contributed by atoms with Crippen LogP contribution in [0.3, 0.4) is 0 Å². The van der Waals surface area contributed by atoms with Gasteiger partial charge in [0.15, 0.2) is 0 Å². The minimum atomic E-state index is -0.302. The van der Waals surface area contributed by atoms with Gasteiger partial charge in [0, 0.05) is 25.7 Å². The van der Waals surface area contributed by atoms with Crippen molar-refractivity contribution in [3.8, 4) is 5.69 Å². The molecule has 9 heteroatoms. The molecule has 1 unspecified atom stereocenters. The summed E-state index contributed by atoms with van der Waals surface area (Å²) in [4.78, 5) is 40.6. The van der Waals surface area contributed by atoms with E-state index < -0.39 is 0 Å². The predicted molar refractivity (Wildman–Crippen MR) is 121 cm³/mol. The lowest BCUT2D eigenvalue weighted by atomic mass is 9.98. The maximum absolute atomic E-state index is 12.8. The van der Waals surface area contributed by atoms with Crippen LogP contribution in [0.5, 0.6) is 0 Å². The Balaban J connectivity index is 1.62. The lowest BCUT2D eigenvalue weighted by Crippen LogP contribution is -2.47. The van der Waals surface area contributed by atoms with Crippen molar-refractivity contribution in [2.75, 3.05) is 33.3 Å². The summed E-state index contributed by atoms with van der Waals surface area (Å²) >= 11 is 6.22. The molecule has 1 aromatic heterocycles. The minimum absolute atomic E-state index is 0.0524. The molecule has 1 atom stereocenters. The van der Waals surface area contributed by atoms with Crippen LogP contribution >= 0.6 is 11.6 Å². The number of esters is 1. The summed E-state index contributed by atoms with van der Waals surface area (Å²) in [6.07, 6.45) is 1.45. The Labute approximate surface area is 193 Å². The molecule has 0 bridgehead atoms.